The molecule has 1 aromatic carbocycles. The predicted molar refractivity (Wildman–Crippen MR) is 74.2 cm³/mol. The average molecular weight is 287 g/mol. The maximum atomic E-state index is 6.17. The zero-order valence-corrected chi connectivity index (χ0v) is 11.7. The summed E-state index contributed by atoms with van der Waals surface area (Å²) in [4.78, 5) is 4.49. The van der Waals surface area contributed by atoms with Crippen molar-refractivity contribution in [3.05, 3.63) is 50.6 Å². The molecule has 2 aromatic rings. The van der Waals surface area contributed by atoms with Gasteiger partial charge >= 0.3 is 0 Å². The minimum absolute atomic E-state index is 0.367. The Morgan fingerprint density at radius 1 is 0.882 bits per heavy atom. The molecule has 0 bridgehead atoms. The van der Waals surface area contributed by atoms with Gasteiger partial charge in [-0.2, -0.15) is 0 Å². The molecule has 1 nitrogen and oxygen atoms in total. The Morgan fingerprint density at radius 3 is 2.24 bits per heavy atom. The van der Waals surface area contributed by atoms with Crippen molar-refractivity contribution < 1.29 is 0 Å². The van der Waals surface area contributed by atoms with E-state index in [9.17, 15) is 0 Å². The summed E-state index contributed by atoms with van der Waals surface area (Å²) in [7, 11) is 0. The second-order valence-corrected chi connectivity index (χ2v) is 4.98. The molecular weight excluding hydrogens is 277 g/mol. The number of hydrogen-bond acceptors (Lipinski definition) is 1. The molecule has 0 aliphatic rings. The van der Waals surface area contributed by atoms with Gasteiger partial charge in [0.05, 0.1) is 20.8 Å². The molecule has 0 aliphatic heterocycles. The van der Waals surface area contributed by atoms with E-state index in [1.165, 1.54) is 0 Å². The lowest BCUT2D eigenvalue weighted by molar-refractivity contribution is 1.15. The van der Waals surface area contributed by atoms with E-state index in [0.29, 0.717) is 15.1 Å². The van der Waals surface area contributed by atoms with Crippen molar-refractivity contribution >= 4 is 34.8 Å². The first kappa shape index (κ1) is 12.7. The molecule has 0 atom stereocenters. The van der Waals surface area contributed by atoms with Gasteiger partial charge in [-0.3, -0.25) is 4.98 Å². The molecular formula is C13H10Cl3N. The van der Waals surface area contributed by atoms with Crippen molar-refractivity contribution in [1.29, 1.82) is 0 Å². The topological polar surface area (TPSA) is 12.9 Å². The highest BCUT2D eigenvalue weighted by Gasteiger charge is 2.11. The monoisotopic (exact) mass is 285 g/mol. The molecule has 0 amide bonds. The van der Waals surface area contributed by atoms with Crippen LogP contribution in [0.25, 0.3) is 11.3 Å². The van der Waals surface area contributed by atoms with Gasteiger partial charge in [-0.1, -0.05) is 40.9 Å². The van der Waals surface area contributed by atoms with E-state index in [1.807, 2.05) is 32.0 Å². The second-order valence-electron chi connectivity index (χ2n) is 3.82. The maximum absolute atomic E-state index is 6.17. The van der Waals surface area contributed by atoms with Gasteiger partial charge in [0.2, 0.25) is 0 Å². The van der Waals surface area contributed by atoms with Crippen molar-refractivity contribution in [2.45, 2.75) is 13.8 Å². The molecule has 2 rings (SSSR count). The Balaban J connectivity index is 2.61. The SMILES string of the molecule is Cc1ccc(-c2ccc(Cl)c(Cl)c2Cl)nc1C. The zero-order valence-electron chi connectivity index (χ0n) is 9.39. The number of rotatable bonds is 1. The molecule has 0 saturated heterocycles. The number of nitrogens with zero attached hydrogens (tertiary/aromatic N) is 1. The van der Waals surface area contributed by atoms with Crippen LogP contribution >= 0.6 is 34.8 Å². The fourth-order valence-electron chi connectivity index (χ4n) is 1.50. The second kappa shape index (κ2) is 4.85. The van der Waals surface area contributed by atoms with Gasteiger partial charge in [-0.15, -0.1) is 0 Å². The Bertz CT molecular complexity index is 579. The smallest absolute Gasteiger partial charge is 0.0785 e. The number of aryl methyl sites for hydroxylation is 2. The van der Waals surface area contributed by atoms with Gasteiger partial charge in [0, 0.05) is 11.3 Å². The van der Waals surface area contributed by atoms with Crippen LogP contribution in [-0.4, -0.2) is 4.98 Å². The largest absolute Gasteiger partial charge is 0.253 e. The van der Waals surface area contributed by atoms with E-state index in [-0.39, 0.29) is 0 Å². The van der Waals surface area contributed by atoms with Crippen molar-refractivity contribution in [2.75, 3.05) is 0 Å². The third-order valence-corrected chi connectivity index (χ3v) is 3.95. The third kappa shape index (κ3) is 2.42. The Morgan fingerprint density at radius 2 is 1.59 bits per heavy atom. The molecule has 0 radical (unpaired) electrons. The lowest BCUT2D eigenvalue weighted by atomic mass is 10.1. The van der Waals surface area contributed by atoms with E-state index >= 15 is 0 Å². The summed E-state index contributed by atoms with van der Waals surface area (Å²) in [6.45, 7) is 3.98. The molecule has 0 fully saturated rings. The van der Waals surface area contributed by atoms with Gasteiger partial charge < -0.3 is 0 Å². The molecule has 4 heteroatoms. The lowest BCUT2D eigenvalue weighted by Crippen LogP contribution is -1.91. The Labute approximate surface area is 115 Å². The number of aromatic nitrogens is 1. The van der Waals surface area contributed by atoms with Gasteiger partial charge in [0.25, 0.3) is 0 Å². The number of hydrogen-bond donors (Lipinski definition) is 0. The summed E-state index contributed by atoms with van der Waals surface area (Å²) in [5.41, 5.74) is 3.72. The number of pyridine rings is 1. The van der Waals surface area contributed by atoms with Crippen molar-refractivity contribution in [2.24, 2.45) is 0 Å². The first-order valence-electron chi connectivity index (χ1n) is 5.09. The fourth-order valence-corrected chi connectivity index (χ4v) is 2.14. The van der Waals surface area contributed by atoms with Crippen LogP contribution in [0.2, 0.25) is 15.1 Å². The summed E-state index contributed by atoms with van der Waals surface area (Å²) in [5.74, 6) is 0. The molecule has 1 heterocycles. The van der Waals surface area contributed by atoms with E-state index < -0.39 is 0 Å². The predicted octanol–water partition coefficient (Wildman–Crippen LogP) is 5.33. The third-order valence-electron chi connectivity index (χ3n) is 2.66. The summed E-state index contributed by atoms with van der Waals surface area (Å²) in [6.07, 6.45) is 0. The molecule has 0 saturated carbocycles. The van der Waals surface area contributed by atoms with Gasteiger partial charge in [0.15, 0.2) is 0 Å². The summed E-state index contributed by atoms with van der Waals surface area (Å²) in [6, 6.07) is 7.49. The summed E-state index contributed by atoms with van der Waals surface area (Å²) in [5, 5.41) is 1.25. The minimum atomic E-state index is 0.367. The highest BCUT2D eigenvalue weighted by atomic mass is 35.5. The number of benzene rings is 1. The lowest BCUT2D eigenvalue weighted by Gasteiger charge is -2.08. The van der Waals surface area contributed by atoms with Crippen molar-refractivity contribution in [3.63, 3.8) is 0 Å². The minimum Gasteiger partial charge on any atom is -0.253 e. The normalized spacial score (nSPS) is 10.6. The van der Waals surface area contributed by atoms with Crippen molar-refractivity contribution in [1.82, 2.24) is 4.98 Å². The number of halogens is 3. The Kier molecular flexibility index (Phi) is 3.62. The highest BCUT2D eigenvalue weighted by Crippen LogP contribution is 2.37. The zero-order chi connectivity index (χ0) is 12.6. The van der Waals surface area contributed by atoms with Crippen LogP contribution in [0.3, 0.4) is 0 Å². The van der Waals surface area contributed by atoms with Crippen LogP contribution in [0.15, 0.2) is 24.3 Å². The van der Waals surface area contributed by atoms with Gasteiger partial charge in [-0.05, 0) is 37.6 Å². The van der Waals surface area contributed by atoms with E-state index in [0.717, 1.165) is 22.5 Å². The quantitative estimate of drug-likeness (QED) is 0.646. The van der Waals surface area contributed by atoms with Crippen LogP contribution < -0.4 is 0 Å². The first-order chi connectivity index (χ1) is 8.00. The summed E-state index contributed by atoms with van der Waals surface area (Å²) >= 11 is 18.1. The van der Waals surface area contributed by atoms with Crippen LogP contribution in [-0.2, 0) is 0 Å². The molecule has 0 aliphatic carbocycles. The molecule has 0 unspecified atom stereocenters. The molecule has 17 heavy (non-hydrogen) atoms. The van der Waals surface area contributed by atoms with E-state index in [2.05, 4.69) is 4.98 Å². The average Bonchev–Trinajstić information content (AvgIpc) is 2.30. The highest BCUT2D eigenvalue weighted by molar-refractivity contribution is 6.49. The van der Waals surface area contributed by atoms with Crippen LogP contribution in [0.5, 0.6) is 0 Å². The van der Waals surface area contributed by atoms with E-state index in [4.69, 9.17) is 34.8 Å². The summed E-state index contributed by atoms with van der Waals surface area (Å²) < 4.78 is 0. The Hall–Kier alpha value is -0.760. The molecule has 0 spiro atoms. The van der Waals surface area contributed by atoms with Crippen LogP contribution in [0.1, 0.15) is 11.3 Å². The molecule has 1 aromatic heterocycles. The fraction of sp³-hybridized carbons (Fsp3) is 0.154. The maximum Gasteiger partial charge on any atom is 0.0785 e. The first-order valence-corrected chi connectivity index (χ1v) is 6.22. The van der Waals surface area contributed by atoms with Gasteiger partial charge in [0.1, 0.15) is 0 Å². The van der Waals surface area contributed by atoms with E-state index in [1.54, 1.807) is 6.07 Å². The van der Waals surface area contributed by atoms with Crippen molar-refractivity contribution in [3.8, 4) is 11.3 Å². The van der Waals surface area contributed by atoms with Crippen LogP contribution in [0, 0.1) is 13.8 Å². The standard InChI is InChI=1S/C13H10Cl3N/c1-7-3-6-11(17-8(7)2)9-4-5-10(14)13(16)12(9)15/h3-6H,1-2H3. The van der Waals surface area contributed by atoms with Crippen LogP contribution in [0.4, 0.5) is 0 Å². The molecule has 88 valence electrons. The molecule has 0 N–H and O–H groups in total. The van der Waals surface area contributed by atoms with Gasteiger partial charge in [-0.25, -0.2) is 0 Å².